The van der Waals surface area contributed by atoms with E-state index >= 15 is 0 Å². The van der Waals surface area contributed by atoms with Crippen LogP contribution in [0.1, 0.15) is 23.0 Å². The van der Waals surface area contributed by atoms with Gasteiger partial charge in [-0.3, -0.25) is 0 Å². The van der Waals surface area contributed by atoms with E-state index in [0.717, 1.165) is 0 Å². The first kappa shape index (κ1) is 16.2. The summed E-state index contributed by atoms with van der Waals surface area (Å²) in [7, 11) is -3.72. The second-order valence-electron chi connectivity index (χ2n) is 5.18. The molecule has 2 aromatic heterocycles. The minimum Gasteiger partial charge on any atom is -0.461 e. The monoisotopic (exact) mass is 344 g/mol. The van der Waals surface area contributed by atoms with Gasteiger partial charge in [-0.2, -0.15) is 0 Å². The molecule has 124 valence electrons. The number of aryl methyl sites for hydroxylation is 1. The Morgan fingerprint density at radius 3 is 2.58 bits per heavy atom. The van der Waals surface area contributed by atoms with Crippen molar-refractivity contribution < 1.29 is 17.9 Å². The van der Waals surface area contributed by atoms with E-state index in [4.69, 9.17) is 4.74 Å². The summed E-state index contributed by atoms with van der Waals surface area (Å²) in [5.74, 6) is -0.518. The molecule has 0 amide bonds. The minimum atomic E-state index is -3.72. The molecule has 0 unspecified atom stereocenters. The Balaban J connectivity index is 2.16. The Morgan fingerprint density at radius 2 is 1.92 bits per heavy atom. The second kappa shape index (κ2) is 6.09. The van der Waals surface area contributed by atoms with Crippen molar-refractivity contribution in [1.29, 1.82) is 0 Å². The van der Waals surface area contributed by atoms with Gasteiger partial charge in [0.2, 0.25) is 0 Å². The number of nitrogens with zero attached hydrogens (tertiary/aromatic N) is 2. The van der Waals surface area contributed by atoms with E-state index in [1.807, 2.05) is 0 Å². The van der Waals surface area contributed by atoms with E-state index < -0.39 is 16.0 Å². The fourth-order valence-corrected chi connectivity index (χ4v) is 3.89. The summed E-state index contributed by atoms with van der Waals surface area (Å²) >= 11 is 0. The van der Waals surface area contributed by atoms with E-state index in [2.05, 4.69) is 4.98 Å². The molecule has 6 nitrogen and oxygen atoms in total. The molecule has 0 aliphatic heterocycles. The maximum Gasteiger partial charge on any atom is 0.357 e. The Labute approximate surface area is 139 Å². The van der Waals surface area contributed by atoms with Crippen LogP contribution in [0, 0.1) is 6.92 Å². The summed E-state index contributed by atoms with van der Waals surface area (Å²) in [6.45, 7) is 3.69. The van der Waals surface area contributed by atoms with Crippen LogP contribution in [-0.2, 0) is 14.8 Å². The van der Waals surface area contributed by atoms with Crippen molar-refractivity contribution in [2.24, 2.45) is 0 Å². The molecule has 2 heterocycles. The maximum atomic E-state index is 12.8. The third-order valence-electron chi connectivity index (χ3n) is 3.73. The number of pyridine rings is 1. The number of esters is 1. The van der Waals surface area contributed by atoms with Gasteiger partial charge in [0, 0.05) is 11.6 Å². The molecule has 24 heavy (non-hydrogen) atoms. The van der Waals surface area contributed by atoms with E-state index in [-0.39, 0.29) is 17.2 Å². The van der Waals surface area contributed by atoms with Crippen LogP contribution in [0.25, 0.3) is 10.9 Å². The van der Waals surface area contributed by atoms with Crippen molar-refractivity contribution in [1.82, 2.24) is 8.96 Å². The van der Waals surface area contributed by atoms with Crippen LogP contribution in [0.3, 0.4) is 0 Å². The summed E-state index contributed by atoms with van der Waals surface area (Å²) in [4.78, 5) is 16.2. The smallest absolute Gasteiger partial charge is 0.357 e. The molecule has 0 saturated carbocycles. The van der Waals surface area contributed by atoms with Gasteiger partial charge >= 0.3 is 5.97 Å². The highest BCUT2D eigenvalue weighted by molar-refractivity contribution is 7.90. The first-order valence-corrected chi connectivity index (χ1v) is 8.85. The molecule has 0 aliphatic rings. The zero-order valence-corrected chi connectivity index (χ0v) is 14.1. The molecule has 0 spiro atoms. The van der Waals surface area contributed by atoms with Crippen molar-refractivity contribution in [3.63, 3.8) is 0 Å². The van der Waals surface area contributed by atoms with Crippen LogP contribution in [0.4, 0.5) is 0 Å². The van der Waals surface area contributed by atoms with Gasteiger partial charge in [-0.15, -0.1) is 0 Å². The minimum absolute atomic E-state index is 0.189. The number of benzene rings is 1. The van der Waals surface area contributed by atoms with Gasteiger partial charge in [0.25, 0.3) is 10.0 Å². The predicted molar refractivity (Wildman–Crippen MR) is 89.5 cm³/mol. The van der Waals surface area contributed by atoms with Crippen LogP contribution in [0.15, 0.2) is 53.7 Å². The Kier molecular flexibility index (Phi) is 4.11. The van der Waals surface area contributed by atoms with Crippen molar-refractivity contribution in [3.8, 4) is 0 Å². The molecule has 0 aliphatic carbocycles. The molecule has 0 bridgehead atoms. The lowest BCUT2D eigenvalue weighted by Gasteiger charge is -2.09. The number of aromatic nitrogens is 2. The normalized spacial score (nSPS) is 11.6. The molecular formula is C17H16N2O4S. The lowest BCUT2D eigenvalue weighted by molar-refractivity contribution is 0.0519. The molecule has 0 fully saturated rings. The summed E-state index contributed by atoms with van der Waals surface area (Å²) in [5.41, 5.74) is 1.21. The summed E-state index contributed by atoms with van der Waals surface area (Å²) in [6, 6.07) is 9.82. The zero-order chi connectivity index (χ0) is 17.3. The Hall–Kier alpha value is -2.67. The molecule has 3 aromatic rings. The number of ether oxygens (including phenoxy) is 1. The topological polar surface area (TPSA) is 78.3 Å². The highest BCUT2D eigenvalue weighted by atomic mass is 32.2. The maximum absolute atomic E-state index is 12.8. The van der Waals surface area contributed by atoms with Gasteiger partial charge < -0.3 is 4.74 Å². The third-order valence-corrected chi connectivity index (χ3v) is 5.44. The van der Waals surface area contributed by atoms with Crippen molar-refractivity contribution >= 4 is 26.9 Å². The van der Waals surface area contributed by atoms with Gasteiger partial charge in [-0.05, 0) is 37.6 Å². The number of hydrogen-bond donors (Lipinski definition) is 0. The SMILES string of the molecule is CCOC(=O)c1ncc2c(ccn2S(=O)(=O)c2ccccc2)c1C. The number of fused-ring (bicyclic) bond motifs is 1. The zero-order valence-electron chi connectivity index (χ0n) is 13.3. The standard InChI is InChI=1S/C17H16N2O4S/c1-3-23-17(20)16-12(2)14-9-10-19(15(14)11-18-16)24(21,22)13-7-5-4-6-8-13/h4-11H,3H2,1-2H3. The van der Waals surface area contributed by atoms with Crippen LogP contribution in [0.2, 0.25) is 0 Å². The van der Waals surface area contributed by atoms with Crippen LogP contribution in [-0.4, -0.2) is 30.0 Å². The van der Waals surface area contributed by atoms with E-state index in [0.29, 0.717) is 16.5 Å². The number of carbonyl (C=O) groups excluding carboxylic acids is 1. The first-order chi connectivity index (χ1) is 11.5. The number of rotatable bonds is 4. The molecule has 0 N–H and O–H groups in total. The Morgan fingerprint density at radius 1 is 1.21 bits per heavy atom. The van der Waals surface area contributed by atoms with Crippen LogP contribution < -0.4 is 0 Å². The van der Waals surface area contributed by atoms with Crippen molar-refractivity contribution in [2.75, 3.05) is 6.61 Å². The fraction of sp³-hybridized carbons (Fsp3) is 0.176. The quantitative estimate of drug-likeness (QED) is 0.680. The number of carbonyl (C=O) groups is 1. The van der Waals surface area contributed by atoms with Gasteiger partial charge in [-0.1, -0.05) is 18.2 Å². The van der Waals surface area contributed by atoms with Crippen LogP contribution in [0.5, 0.6) is 0 Å². The van der Waals surface area contributed by atoms with Gasteiger partial charge in [0.15, 0.2) is 5.69 Å². The average molecular weight is 344 g/mol. The third kappa shape index (κ3) is 2.56. The Bertz CT molecular complexity index is 1010. The van der Waals surface area contributed by atoms with Gasteiger partial charge in [0.1, 0.15) is 0 Å². The summed E-state index contributed by atoms with van der Waals surface area (Å²) in [5, 5.41) is 0.646. The van der Waals surface area contributed by atoms with Crippen molar-refractivity contribution in [3.05, 3.63) is 60.0 Å². The lowest BCUT2D eigenvalue weighted by Crippen LogP contribution is -2.13. The second-order valence-corrected chi connectivity index (χ2v) is 7.00. The molecular weight excluding hydrogens is 328 g/mol. The molecule has 7 heteroatoms. The number of hydrogen-bond acceptors (Lipinski definition) is 5. The molecule has 0 saturated heterocycles. The molecule has 1 aromatic carbocycles. The highest BCUT2D eigenvalue weighted by Gasteiger charge is 2.21. The summed E-state index contributed by atoms with van der Waals surface area (Å²) in [6.07, 6.45) is 2.85. The van der Waals surface area contributed by atoms with Crippen molar-refractivity contribution in [2.45, 2.75) is 18.7 Å². The summed E-state index contributed by atoms with van der Waals surface area (Å²) < 4.78 is 31.7. The largest absolute Gasteiger partial charge is 0.461 e. The highest BCUT2D eigenvalue weighted by Crippen LogP contribution is 2.25. The van der Waals surface area contributed by atoms with E-state index in [1.165, 1.54) is 28.5 Å². The van der Waals surface area contributed by atoms with Crippen LogP contribution >= 0.6 is 0 Å². The van der Waals surface area contributed by atoms with Gasteiger partial charge in [-0.25, -0.2) is 22.2 Å². The van der Waals surface area contributed by atoms with Gasteiger partial charge in [0.05, 0.1) is 23.2 Å². The predicted octanol–water partition coefficient (Wildman–Crippen LogP) is 2.76. The van der Waals surface area contributed by atoms with E-state index in [1.54, 1.807) is 38.1 Å². The molecule has 0 radical (unpaired) electrons. The van der Waals surface area contributed by atoms with E-state index in [9.17, 15) is 13.2 Å². The average Bonchev–Trinajstić information content (AvgIpc) is 3.02. The lowest BCUT2D eigenvalue weighted by atomic mass is 10.1. The molecule has 0 atom stereocenters. The first-order valence-electron chi connectivity index (χ1n) is 7.41. The fourth-order valence-electron chi connectivity index (χ4n) is 2.54. The molecule has 3 rings (SSSR count).